The summed E-state index contributed by atoms with van der Waals surface area (Å²) in [4.78, 5) is 2.49. The van der Waals surface area contributed by atoms with Gasteiger partial charge in [0.15, 0.2) is 0 Å². The normalized spacial score (nSPS) is 35.0. The zero-order chi connectivity index (χ0) is 13.0. The van der Waals surface area contributed by atoms with Gasteiger partial charge in [-0.25, -0.2) is 0 Å². The lowest BCUT2D eigenvalue weighted by Crippen LogP contribution is -2.39. The minimum absolute atomic E-state index is 0.0463. The van der Waals surface area contributed by atoms with Crippen LogP contribution in [0.1, 0.15) is 58.3 Å². The van der Waals surface area contributed by atoms with E-state index in [1.807, 2.05) is 0 Å². The summed E-state index contributed by atoms with van der Waals surface area (Å²) in [5, 5.41) is 10.1. The van der Waals surface area contributed by atoms with Gasteiger partial charge in [-0.2, -0.15) is 0 Å². The Balaban J connectivity index is 1.73. The van der Waals surface area contributed by atoms with E-state index < -0.39 is 0 Å². The van der Waals surface area contributed by atoms with Crippen molar-refractivity contribution in [1.82, 2.24) is 4.90 Å². The molecule has 0 heterocycles. The zero-order valence-corrected chi connectivity index (χ0v) is 12.3. The summed E-state index contributed by atoms with van der Waals surface area (Å²) in [6, 6.07) is 0. The summed E-state index contributed by atoms with van der Waals surface area (Å²) in [5.74, 6) is 2.24. The van der Waals surface area contributed by atoms with Crippen molar-refractivity contribution in [2.75, 3.05) is 20.1 Å². The Morgan fingerprint density at radius 1 is 1.00 bits per heavy atom. The predicted octanol–water partition coefficient (Wildman–Crippen LogP) is 3.30. The maximum atomic E-state index is 10.1. The fraction of sp³-hybridized carbons (Fsp3) is 1.00. The molecule has 2 aliphatic carbocycles. The molecule has 0 spiro atoms. The van der Waals surface area contributed by atoms with Crippen LogP contribution in [0.25, 0.3) is 0 Å². The van der Waals surface area contributed by atoms with Gasteiger partial charge in [0.2, 0.25) is 0 Å². The average molecular weight is 253 g/mol. The highest BCUT2D eigenvalue weighted by Crippen LogP contribution is 2.30. The molecule has 3 atom stereocenters. The summed E-state index contributed by atoms with van der Waals surface area (Å²) >= 11 is 0. The Morgan fingerprint density at radius 3 is 2.44 bits per heavy atom. The molecular formula is C16H31NO. The molecule has 2 saturated carbocycles. The van der Waals surface area contributed by atoms with Crippen LogP contribution in [-0.2, 0) is 0 Å². The fourth-order valence-corrected chi connectivity index (χ4v) is 3.96. The molecule has 0 saturated heterocycles. The van der Waals surface area contributed by atoms with Gasteiger partial charge in [-0.3, -0.25) is 0 Å². The van der Waals surface area contributed by atoms with Crippen LogP contribution in [-0.4, -0.2) is 36.2 Å². The molecule has 0 aromatic heterocycles. The quantitative estimate of drug-likeness (QED) is 0.831. The van der Waals surface area contributed by atoms with Crippen LogP contribution >= 0.6 is 0 Å². The average Bonchev–Trinajstić information content (AvgIpc) is 2.35. The van der Waals surface area contributed by atoms with E-state index in [1.54, 1.807) is 0 Å². The van der Waals surface area contributed by atoms with Crippen molar-refractivity contribution in [1.29, 1.82) is 0 Å². The van der Waals surface area contributed by atoms with E-state index in [1.165, 1.54) is 51.5 Å². The summed E-state index contributed by atoms with van der Waals surface area (Å²) < 4.78 is 0. The van der Waals surface area contributed by atoms with Crippen molar-refractivity contribution in [3.63, 3.8) is 0 Å². The standard InChI is InChI=1S/C16H31NO/c1-13-8-9-16(18)15(10-13)12-17(2)11-14-6-4-3-5-7-14/h13-16,18H,3-12H2,1-2H3. The van der Waals surface area contributed by atoms with Gasteiger partial charge in [0.05, 0.1) is 6.10 Å². The molecule has 0 radical (unpaired) electrons. The summed E-state index contributed by atoms with van der Waals surface area (Å²) in [6.45, 7) is 4.68. The van der Waals surface area contributed by atoms with Crippen LogP contribution < -0.4 is 0 Å². The maximum Gasteiger partial charge on any atom is 0.0580 e. The second kappa shape index (κ2) is 6.91. The highest BCUT2D eigenvalue weighted by molar-refractivity contribution is 4.80. The third kappa shape index (κ3) is 4.24. The number of aliphatic hydroxyl groups excluding tert-OH is 1. The first kappa shape index (κ1) is 14.3. The van der Waals surface area contributed by atoms with Gasteiger partial charge in [0.1, 0.15) is 0 Å². The minimum atomic E-state index is -0.0463. The van der Waals surface area contributed by atoms with E-state index in [9.17, 15) is 5.11 Å². The number of aliphatic hydroxyl groups is 1. The highest BCUT2D eigenvalue weighted by atomic mass is 16.3. The number of hydrogen-bond acceptors (Lipinski definition) is 2. The van der Waals surface area contributed by atoms with Crippen LogP contribution in [0.5, 0.6) is 0 Å². The molecule has 0 aromatic rings. The van der Waals surface area contributed by atoms with Crippen molar-refractivity contribution >= 4 is 0 Å². The number of nitrogens with zero attached hydrogens (tertiary/aromatic N) is 1. The van der Waals surface area contributed by atoms with E-state index >= 15 is 0 Å². The first-order valence-electron chi connectivity index (χ1n) is 8.01. The Kier molecular flexibility index (Phi) is 5.50. The second-order valence-electron chi connectivity index (χ2n) is 6.97. The van der Waals surface area contributed by atoms with Gasteiger partial charge in [-0.05, 0) is 56.9 Å². The fourth-order valence-electron chi connectivity index (χ4n) is 3.96. The third-order valence-corrected chi connectivity index (χ3v) is 5.05. The highest BCUT2D eigenvalue weighted by Gasteiger charge is 2.28. The molecule has 2 heteroatoms. The Hall–Kier alpha value is -0.0800. The SMILES string of the molecule is CC1CCC(O)C(CN(C)CC2CCCCC2)C1. The molecule has 2 rings (SSSR count). The van der Waals surface area contributed by atoms with E-state index in [-0.39, 0.29) is 6.10 Å². The van der Waals surface area contributed by atoms with E-state index in [4.69, 9.17) is 0 Å². The molecule has 0 bridgehead atoms. The molecule has 2 aliphatic rings. The molecule has 18 heavy (non-hydrogen) atoms. The zero-order valence-electron chi connectivity index (χ0n) is 12.3. The van der Waals surface area contributed by atoms with Crippen molar-refractivity contribution in [3.8, 4) is 0 Å². The van der Waals surface area contributed by atoms with Crippen LogP contribution in [0, 0.1) is 17.8 Å². The molecule has 0 amide bonds. The van der Waals surface area contributed by atoms with Gasteiger partial charge < -0.3 is 10.0 Å². The minimum Gasteiger partial charge on any atom is -0.393 e. The second-order valence-corrected chi connectivity index (χ2v) is 6.97. The van der Waals surface area contributed by atoms with Gasteiger partial charge in [0, 0.05) is 13.1 Å². The first-order valence-corrected chi connectivity index (χ1v) is 8.01. The topological polar surface area (TPSA) is 23.5 Å². The van der Waals surface area contributed by atoms with E-state index in [2.05, 4.69) is 18.9 Å². The molecule has 3 unspecified atom stereocenters. The van der Waals surface area contributed by atoms with Crippen molar-refractivity contribution in [3.05, 3.63) is 0 Å². The Bertz CT molecular complexity index is 237. The van der Waals surface area contributed by atoms with Crippen LogP contribution in [0.4, 0.5) is 0 Å². The van der Waals surface area contributed by atoms with Crippen molar-refractivity contribution < 1.29 is 5.11 Å². The van der Waals surface area contributed by atoms with Gasteiger partial charge >= 0.3 is 0 Å². The number of hydrogen-bond donors (Lipinski definition) is 1. The number of rotatable bonds is 4. The van der Waals surface area contributed by atoms with Crippen LogP contribution in [0.15, 0.2) is 0 Å². The summed E-state index contributed by atoms with van der Waals surface area (Å²) in [6.07, 6.45) is 10.6. The van der Waals surface area contributed by atoms with Crippen LogP contribution in [0.2, 0.25) is 0 Å². The Labute approximate surface area is 113 Å². The lowest BCUT2D eigenvalue weighted by molar-refractivity contribution is 0.0316. The van der Waals surface area contributed by atoms with Crippen LogP contribution in [0.3, 0.4) is 0 Å². The smallest absolute Gasteiger partial charge is 0.0580 e. The third-order valence-electron chi connectivity index (χ3n) is 5.05. The largest absolute Gasteiger partial charge is 0.393 e. The predicted molar refractivity (Wildman–Crippen MR) is 76.6 cm³/mol. The Morgan fingerprint density at radius 2 is 1.72 bits per heavy atom. The van der Waals surface area contributed by atoms with Gasteiger partial charge in [-0.1, -0.05) is 26.2 Å². The van der Waals surface area contributed by atoms with Gasteiger partial charge in [-0.15, -0.1) is 0 Å². The summed E-state index contributed by atoms with van der Waals surface area (Å²) in [7, 11) is 2.25. The lowest BCUT2D eigenvalue weighted by atomic mass is 9.80. The van der Waals surface area contributed by atoms with E-state index in [0.717, 1.165) is 24.8 Å². The lowest BCUT2D eigenvalue weighted by Gasteiger charge is -2.35. The first-order chi connectivity index (χ1) is 8.65. The van der Waals surface area contributed by atoms with Crippen molar-refractivity contribution in [2.24, 2.45) is 17.8 Å². The molecule has 2 fully saturated rings. The molecule has 0 aliphatic heterocycles. The monoisotopic (exact) mass is 253 g/mol. The molecule has 0 aromatic carbocycles. The molecule has 1 N–H and O–H groups in total. The molecule has 106 valence electrons. The molecular weight excluding hydrogens is 222 g/mol. The van der Waals surface area contributed by atoms with Gasteiger partial charge in [0.25, 0.3) is 0 Å². The van der Waals surface area contributed by atoms with Crippen molar-refractivity contribution in [2.45, 2.75) is 64.4 Å². The van der Waals surface area contributed by atoms with E-state index in [0.29, 0.717) is 5.92 Å². The molecule has 2 nitrogen and oxygen atoms in total. The maximum absolute atomic E-state index is 10.1. The summed E-state index contributed by atoms with van der Waals surface area (Å²) in [5.41, 5.74) is 0.